The van der Waals surface area contributed by atoms with Gasteiger partial charge in [0.25, 0.3) is 0 Å². The molecular formula is C15H21NO. The van der Waals surface area contributed by atoms with Gasteiger partial charge in [-0.3, -0.25) is 9.69 Å². The third kappa shape index (κ3) is 3.16. The van der Waals surface area contributed by atoms with Crippen LogP contribution in [0.2, 0.25) is 0 Å². The average molecular weight is 231 g/mol. The standard InChI is InChI=1S/C15H21NO/c1-2-14-9-6-11-16(14)12-10-15(17)13-7-4-3-5-8-13/h3-5,7-8,14H,2,6,9-12H2,1H3. The van der Waals surface area contributed by atoms with Gasteiger partial charge in [0, 0.05) is 24.6 Å². The molecule has 2 nitrogen and oxygen atoms in total. The maximum atomic E-state index is 12.0. The smallest absolute Gasteiger partial charge is 0.164 e. The van der Waals surface area contributed by atoms with E-state index in [1.165, 1.54) is 25.8 Å². The molecule has 0 bridgehead atoms. The van der Waals surface area contributed by atoms with Gasteiger partial charge in [0.2, 0.25) is 0 Å². The summed E-state index contributed by atoms with van der Waals surface area (Å²) in [6.45, 7) is 4.33. The van der Waals surface area contributed by atoms with Crippen LogP contribution in [0, 0.1) is 0 Å². The highest BCUT2D eigenvalue weighted by Gasteiger charge is 2.22. The lowest BCUT2D eigenvalue weighted by Gasteiger charge is -2.22. The number of Topliss-reactive ketones (excluding diaryl/α,β-unsaturated/α-hetero) is 1. The third-order valence-corrected chi connectivity index (χ3v) is 3.69. The van der Waals surface area contributed by atoms with Crippen molar-refractivity contribution >= 4 is 5.78 Å². The van der Waals surface area contributed by atoms with E-state index in [0.717, 1.165) is 12.1 Å². The minimum Gasteiger partial charge on any atom is -0.300 e. The van der Waals surface area contributed by atoms with Gasteiger partial charge in [0.15, 0.2) is 5.78 Å². The monoisotopic (exact) mass is 231 g/mol. The molecule has 0 amide bonds. The molecule has 1 aliphatic heterocycles. The van der Waals surface area contributed by atoms with Gasteiger partial charge in [-0.1, -0.05) is 37.3 Å². The predicted molar refractivity (Wildman–Crippen MR) is 70.3 cm³/mol. The van der Waals surface area contributed by atoms with E-state index < -0.39 is 0 Å². The Bertz CT molecular complexity index is 360. The molecule has 0 N–H and O–H groups in total. The van der Waals surface area contributed by atoms with Gasteiger partial charge in [-0.2, -0.15) is 0 Å². The molecule has 2 heteroatoms. The number of hydrogen-bond acceptors (Lipinski definition) is 2. The number of carbonyl (C=O) groups is 1. The van der Waals surface area contributed by atoms with E-state index in [2.05, 4.69) is 11.8 Å². The summed E-state index contributed by atoms with van der Waals surface area (Å²) in [5, 5.41) is 0. The van der Waals surface area contributed by atoms with Crippen LogP contribution in [0.5, 0.6) is 0 Å². The molecule has 17 heavy (non-hydrogen) atoms. The lowest BCUT2D eigenvalue weighted by atomic mass is 10.1. The molecule has 2 rings (SSSR count). The normalized spacial score (nSPS) is 20.6. The Labute approximate surface area is 104 Å². The Kier molecular flexibility index (Phi) is 4.32. The SMILES string of the molecule is CCC1CCCN1CCC(=O)c1ccccc1. The van der Waals surface area contributed by atoms with Gasteiger partial charge in [-0.15, -0.1) is 0 Å². The third-order valence-electron chi connectivity index (χ3n) is 3.69. The van der Waals surface area contributed by atoms with Crippen molar-refractivity contribution < 1.29 is 4.79 Å². The highest BCUT2D eigenvalue weighted by molar-refractivity contribution is 5.96. The van der Waals surface area contributed by atoms with E-state index in [1.54, 1.807) is 0 Å². The van der Waals surface area contributed by atoms with Crippen LogP contribution in [0.15, 0.2) is 30.3 Å². The molecule has 0 aromatic heterocycles. The summed E-state index contributed by atoms with van der Waals surface area (Å²) >= 11 is 0. The molecule has 1 fully saturated rings. The maximum absolute atomic E-state index is 12.0. The van der Waals surface area contributed by atoms with E-state index in [1.807, 2.05) is 30.3 Å². The number of hydrogen-bond donors (Lipinski definition) is 0. The second-order valence-corrected chi connectivity index (χ2v) is 4.78. The summed E-state index contributed by atoms with van der Waals surface area (Å²) in [7, 11) is 0. The summed E-state index contributed by atoms with van der Waals surface area (Å²) in [4.78, 5) is 14.4. The first-order chi connectivity index (χ1) is 8.31. The van der Waals surface area contributed by atoms with Crippen molar-refractivity contribution in [3.63, 3.8) is 0 Å². The molecular weight excluding hydrogens is 210 g/mol. The lowest BCUT2D eigenvalue weighted by molar-refractivity contribution is 0.0960. The van der Waals surface area contributed by atoms with Gasteiger partial charge in [-0.25, -0.2) is 0 Å². The number of rotatable bonds is 5. The number of nitrogens with zero attached hydrogens (tertiary/aromatic N) is 1. The first-order valence-electron chi connectivity index (χ1n) is 6.63. The zero-order chi connectivity index (χ0) is 12.1. The molecule has 1 aliphatic rings. The summed E-state index contributed by atoms with van der Waals surface area (Å²) in [6, 6.07) is 10.3. The zero-order valence-corrected chi connectivity index (χ0v) is 10.6. The van der Waals surface area contributed by atoms with Gasteiger partial charge in [0.05, 0.1) is 0 Å². The van der Waals surface area contributed by atoms with Crippen LogP contribution in [-0.4, -0.2) is 29.8 Å². The summed E-state index contributed by atoms with van der Waals surface area (Å²) in [6.07, 6.45) is 4.45. The van der Waals surface area contributed by atoms with Crippen LogP contribution in [0.25, 0.3) is 0 Å². The fraction of sp³-hybridized carbons (Fsp3) is 0.533. The Morgan fingerprint density at radius 3 is 2.82 bits per heavy atom. The minimum atomic E-state index is 0.271. The molecule has 1 heterocycles. The first-order valence-corrected chi connectivity index (χ1v) is 6.63. The quantitative estimate of drug-likeness (QED) is 0.726. The molecule has 0 spiro atoms. The zero-order valence-electron chi connectivity index (χ0n) is 10.6. The highest BCUT2D eigenvalue weighted by atomic mass is 16.1. The van der Waals surface area contributed by atoms with Crippen molar-refractivity contribution in [2.45, 2.75) is 38.6 Å². The van der Waals surface area contributed by atoms with E-state index >= 15 is 0 Å². The van der Waals surface area contributed by atoms with Crippen molar-refractivity contribution in [1.29, 1.82) is 0 Å². The Hall–Kier alpha value is -1.15. The van der Waals surface area contributed by atoms with E-state index in [4.69, 9.17) is 0 Å². The summed E-state index contributed by atoms with van der Waals surface area (Å²) < 4.78 is 0. The van der Waals surface area contributed by atoms with Gasteiger partial charge >= 0.3 is 0 Å². The molecule has 1 saturated heterocycles. The van der Waals surface area contributed by atoms with Gasteiger partial charge in [-0.05, 0) is 25.8 Å². The molecule has 1 atom stereocenters. The number of ketones is 1. The predicted octanol–water partition coefficient (Wildman–Crippen LogP) is 3.13. The van der Waals surface area contributed by atoms with Crippen LogP contribution in [0.3, 0.4) is 0 Å². The number of likely N-dealkylation sites (tertiary alicyclic amines) is 1. The second-order valence-electron chi connectivity index (χ2n) is 4.78. The minimum absolute atomic E-state index is 0.271. The van der Waals surface area contributed by atoms with Crippen molar-refractivity contribution in [2.75, 3.05) is 13.1 Å². The highest BCUT2D eigenvalue weighted by Crippen LogP contribution is 2.20. The van der Waals surface area contributed by atoms with Crippen molar-refractivity contribution in [1.82, 2.24) is 4.90 Å². The number of carbonyl (C=O) groups excluding carboxylic acids is 1. The van der Waals surface area contributed by atoms with Crippen molar-refractivity contribution in [3.8, 4) is 0 Å². The first kappa shape index (κ1) is 12.3. The largest absolute Gasteiger partial charge is 0.300 e. The maximum Gasteiger partial charge on any atom is 0.164 e. The van der Waals surface area contributed by atoms with E-state index in [0.29, 0.717) is 12.5 Å². The molecule has 92 valence electrons. The Morgan fingerprint density at radius 1 is 1.35 bits per heavy atom. The second kappa shape index (κ2) is 5.97. The fourth-order valence-corrected chi connectivity index (χ4v) is 2.67. The van der Waals surface area contributed by atoms with Gasteiger partial charge in [0.1, 0.15) is 0 Å². The van der Waals surface area contributed by atoms with Crippen LogP contribution >= 0.6 is 0 Å². The summed E-state index contributed by atoms with van der Waals surface area (Å²) in [5.74, 6) is 0.271. The molecule has 1 unspecified atom stereocenters. The van der Waals surface area contributed by atoms with Crippen molar-refractivity contribution in [3.05, 3.63) is 35.9 Å². The molecule has 0 radical (unpaired) electrons. The Balaban J connectivity index is 1.84. The number of benzene rings is 1. The van der Waals surface area contributed by atoms with Crippen LogP contribution < -0.4 is 0 Å². The van der Waals surface area contributed by atoms with Crippen LogP contribution in [0.4, 0.5) is 0 Å². The van der Waals surface area contributed by atoms with Crippen LogP contribution in [0.1, 0.15) is 43.0 Å². The molecule has 1 aromatic carbocycles. The molecule has 0 saturated carbocycles. The molecule has 0 aliphatic carbocycles. The topological polar surface area (TPSA) is 20.3 Å². The van der Waals surface area contributed by atoms with E-state index in [-0.39, 0.29) is 5.78 Å². The molecule has 1 aromatic rings. The van der Waals surface area contributed by atoms with Crippen molar-refractivity contribution in [2.24, 2.45) is 0 Å². The Morgan fingerprint density at radius 2 is 2.12 bits per heavy atom. The van der Waals surface area contributed by atoms with Crippen LogP contribution in [-0.2, 0) is 0 Å². The summed E-state index contributed by atoms with van der Waals surface area (Å²) in [5.41, 5.74) is 0.847. The average Bonchev–Trinajstić information content (AvgIpc) is 2.84. The van der Waals surface area contributed by atoms with Gasteiger partial charge < -0.3 is 0 Å². The fourth-order valence-electron chi connectivity index (χ4n) is 2.67. The lowest BCUT2D eigenvalue weighted by Crippen LogP contribution is -2.30. The van der Waals surface area contributed by atoms with E-state index in [9.17, 15) is 4.79 Å².